The maximum atomic E-state index is 13.9. The van der Waals surface area contributed by atoms with E-state index in [-0.39, 0.29) is 23.0 Å². The lowest BCUT2D eigenvalue weighted by atomic mass is 10.1. The van der Waals surface area contributed by atoms with Gasteiger partial charge in [0, 0.05) is 23.6 Å². The van der Waals surface area contributed by atoms with E-state index in [0.29, 0.717) is 34.4 Å². The van der Waals surface area contributed by atoms with Crippen molar-refractivity contribution in [3.63, 3.8) is 0 Å². The Kier molecular flexibility index (Phi) is 10.6. The van der Waals surface area contributed by atoms with Gasteiger partial charge < -0.3 is 15.0 Å². The molecule has 0 fully saturated rings. The summed E-state index contributed by atoms with van der Waals surface area (Å²) in [6.07, 6.45) is 0.308. The third kappa shape index (κ3) is 7.44. The smallest absolute Gasteiger partial charge is 0.264 e. The van der Waals surface area contributed by atoms with Gasteiger partial charge in [0.25, 0.3) is 10.0 Å². The molecule has 1 unspecified atom stereocenters. The number of hydrogen-bond donors (Lipinski definition) is 1. The van der Waals surface area contributed by atoms with E-state index < -0.39 is 28.5 Å². The number of anilines is 1. The third-order valence-electron chi connectivity index (χ3n) is 6.05. The molecule has 208 valence electrons. The second-order valence-corrected chi connectivity index (χ2v) is 11.2. The van der Waals surface area contributed by atoms with Crippen molar-refractivity contribution in [1.82, 2.24) is 10.2 Å². The van der Waals surface area contributed by atoms with Crippen molar-refractivity contribution in [3.05, 3.63) is 88.4 Å². The molecular weight excluding hydrogens is 561 g/mol. The van der Waals surface area contributed by atoms with Crippen LogP contribution in [0, 0.1) is 0 Å². The number of carbonyl (C=O) groups is 2. The van der Waals surface area contributed by atoms with Crippen LogP contribution in [-0.2, 0) is 26.2 Å². The van der Waals surface area contributed by atoms with Crippen molar-refractivity contribution >= 4 is 50.7 Å². The van der Waals surface area contributed by atoms with Crippen molar-refractivity contribution < 1.29 is 22.7 Å². The van der Waals surface area contributed by atoms with Crippen LogP contribution in [0.5, 0.6) is 5.75 Å². The highest BCUT2D eigenvalue weighted by Crippen LogP contribution is 2.28. The molecule has 11 heteroatoms. The first-order valence-corrected chi connectivity index (χ1v) is 14.6. The molecule has 0 saturated heterocycles. The van der Waals surface area contributed by atoms with Crippen molar-refractivity contribution in [1.29, 1.82) is 0 Å². The van der Waals surface area contributed by atoms with E-state index in [4.69, 9.17) is 27.9 Å². The molecule has 39 heavy (non-hydrogen) atoms. The second kappa shape index (κ2) is 13.7. The van der Waals surface area contributed by atoms with E-state index in [1.165, 1.54) is 36.2 Å². The minimum absolute atomic E-state index is 0.0164. The van der Waals surface area contributed by atoms with Gasteiger partial charge in [0.05, 0.1) is 17.2 Å². The number of nitrogens with zero attached hydrogens (tertiary/aromatic N) is 2. The van der Waals surface area contributed by atoms with Crippen LogP contribution in [0.4, 0.5) is 5.69 Å². The normalized spacial score (nSPS) is 11.9. The van der Waals surface area contributed by atoms with E-state index in [2.05, 4.69) is 5.32 Å². The first kappa shape index (κ1) is 30.3. The molecule has 0 bridgehead atoms. The number of rotatable bonds is 12. The summed E-state index contributed by atoms with van der Waals surface area (Å²) in [5, 5.41) is 3.40. The van der Waals surface area contributed by atoms with Crippen LogP contribution in [0.3, 0.4) is 0 Å². The number of nitrogens with one attached hydrogen (secondary N) is 1. The predicted octanol–water partition coefficient (Wildman–Crippen LogP) is 5.14. The van der Waals surface area contributed by atoms with Crippen LogP contribution < -0.4 is 14.4 Å². The van der Waals surface area contributed by atoms with E-state index in [1.807, 2.05) is 6.92 Å². The average Bonchev–Trinajstić information content (AvgIpc) is 2.93. The number of amides is 2. The highest BCUT2D eigenvalue weighted by atomic mass is 35.5. The van der Waals surface area contributed by atoms with Crippen molar-refractivity contribution in [3.8, 4) is 5.75 Å². The van der Waals surface area contributed by atoms with Gasteiger partial charge in [-0.15, -0.1) is 0 Å². The molecule has 1 N–H and O–H groups in total. The molecule has 0 saturated carbocycles. The first-order chi connectivity index (χ1) is 18.6. The van der Waals surface area contributed by atoms with E-state index in [0.717, 1.165) is 4.31 Å². The fourth-order valence-electron chi connectivity index (χ4n) is 4.03. The molecule has 0 aliphatic carbocycles. The van der Waals surface area contributed by atoms with Gasteiger partial charge in [0.2, 0.25) is 11.8 Å². The summed E-state index contributed by atoms with van der Waals surface area (Å²) < 4.78 is 34.2. The van der Waals surface area contributed by atoms with E-state index in [1.54, 1.807) is 55.5 Å². The molecular formula is C28H31Cl2N3O5S. The Balaban J connectivity index is 2.07. The lowest BCUT2D eigenvalue weighted by molar-refractivity contribution is -0.140. The molecule has 0 aliphatic heterocycles. The van der Waals surface area contributed by atoms with Gasteiger partial charge in [-0.1, -0.05) is 48.3 Å². The monoisotopic (exact) mass is 591 g/mol. The Bertz CT molecular complexity index is 1380. The first-order valence-electron chi connectivity index (χ1n) is 12.4. The summed E-state index contributed by atoms with van der Waals surface area (Å²) in [4.78, 5) is 28.0. The van der Waals surface area contributed by atoms with Crippen LogP contribution in [-0.4, -0.2) is 51.4 Å². The lowest BCUT2D eigenvalue weighted by Gasteiger charge is -2.33. The molecule has 0 radical (unpaired) electrons. The van der Waals surface area contributed by atoms with E-state index in [9.17, 15) is 18.0 Å². The maximum absolute atomic E-state index is 13.9. The SMILES string of the molecule is CCOc1ccc(N(CC(=O)N(Cc2ccccc2Cl)C(CC)C(=O)NC)S(=O)(=O)c2ccc(Cl)cc2)cc1. The van der Waals surface area contributed by atoms with Crippen molar-refractivity contribution in [2.75, 3.05) is 24.5 Å². The quantitative estimate of drug-likeness (QED) is 0.314. The van der Waals surface area contributed by atoms with Gasteiger partial charge in [-0.2, -0.15) is 0 Å². The molecule has 2 amide bonds. The maximum Gasteiger partial charge on any atom is 0.264 e. The molecule has 3 rings (SSSR count). The van der Waals surface area contributed by atoms with Gasteiger partial charge in [0.1, 0.15) is 18.3 Å². The zero-order valence-corrected chi connectivity index (χ0v) is 24.3. The Morgan fingerprint density at radius 3 is 2.15 bits per heavy atom. The number of sulfonamides is 1. The minimum Gasteiger partial charge on any atom is -0.494 e. The van der Waals surface area contributed by atoms with Crippen LogP contribution >= 0.6 is 23.2 Å². The van der Waals surface area contributed by atoms with Crippen LogP contribution in [0.1, 0.15) is 25.8 Å². The molecule has 3 aromatic carbocycles. The number of ether oxygens (including phenoxy) is 1. The minimum atomic E-state index is -4.20. The summed E-state index contributed by atoms with van der Waals surface area (Å²) in [5.41, 5.74) is 0.885. The number of benzene rings is 3. The summed E-state index contributed by atoms with van der Waals surface area (Å²) in [7, 11) is -2.72. The van der Waals surface area contributed by atoms with Gasteiger partial charge in [-0.25, -0.2) is 8.42 Å². The molecule has 0 aromatic heterocycles. The molecule has 3 aromatic rings. The predicted molar refractivity (Wildman–Crippen MR) is 154 cm³/mol. The molecule has 1 atom stereocenters. The summed E-state index contributed by atoms with van der Waals surface area (Å²) in [6.45, 7) is 3.52. The Morgan fingerprint density at radius 2 is 1.59 bits per heavy atom. The second-order valence-electron chi connectivity index (χ2n) is 8.54. The van der Waals surface area contributed by atoms with Gasteiger partial charge in [-0.3, -0.25) is 13.9 Å². The van der Waals surface area contributed by atoms with Crippen LogP contribution in [0.25, 0.3) is 0 Å². The number of carbonyl (C=O) groups excluding carboxylic acids is 2. The van der Waals surface area contributed by atoms with Gasteiger partial charge in [0.15, 0.2) is 0 Å². The van der Waals surface area contributed by atoms with Gasteiger partial charge >= 0.3 is 0 Å². The number of likely N-dealkylation sites (N-methyl/N-ethyl adjacent to an activating group) is 1. The number of hydrogen-bond acceptors (Lipinski definition) is 5. The average molecular weight is 593 g/mol. The number of halogens is 2. The van der Waals surface area contributed by atoms with Gasteiger partial charge in [-0.05, 0) is 73.5 Å². The summed E-state index contributed by atoms with van der Waals surface area (Å²) >= 11 is 12.4. The molecule has 8 nitrogen and oxygen atoms in total. The highest BCUT2D eigenvalue weighted by Gasteiger charge is 2.33. The summed E-state index contributed by atoms with van der Waals surface area (Å²) in [5.74, 6) is -0.384. The largest absolute Gasteiger partial charge is 0.494 e. The van der Waals surface area contributed by atoms with Crippen molar-refractivity contribution in [2.45, 2.75) is 37.8 Å². The van der Waals surface area contributed by atoms with Crippen molar-refractivity contribution in [2.24, 2.45) is 0 Å². The molecule has 0 aliphatic rings. The Hall–Kier alpha value is -3.27. The Labute approximate surface area is 239 Å². The zero-order chi connectivity index (χ0) is 28.6. The zero-order valence-electron chi connectivity index (χ0n) is 21.9. The fourth-order valence-corrected chi connectivity index (χ4v) is 5.77. The topological polar surface area (TPSA) is 96.0 Å². The van der Waals surface area contributed by atoms with Crippen LogP contribution in [0.2, 0.25) is 10.0 Å². The molecule has 0 spiro atoms. The van der Waals surface area contributed by atoms with Crippen LogP contribution in [0.15, 0.2) is 77.7 Å². The third-order valence-corrected chi connectivity index (χ3v) is 8.46. The summed E-state index contributed by atoms with van der Waals surface area (Å²) in [6, 6.07) is 18.2. The molecule has 0 heterocycles. The standard InChI is InChI=1S/C28H31Cl2N3O5S/c1-4-26(28(35)31-3)32(18-20-8-6-7-9-25(20)30)27(34)19-33(22-12-14-23(15-13-22)38-5-2)39(36,37)24-16-10-21(29)11-17-24/h6-17,26H,4-5,18-19H2,1-3H3,(H,31,35). The fraction of sp³-hybridized carbons (Fsp3) is 0.286. The lowest BCUT2D eigenvalue weighted by Crippen LogP contribution is -2.51. The Morgan fingerprint density at radius 1 is 0.949 bits per heavy atom. The highest BCUT2D eigenvalue weighted by molar-refractivity contribution is 7.92. The van der Waals surface area contributed by atoms with E-state index >= 15 is 0 Å².